The minimum Gasteiger partial charge on any atom is -0.481 e. The number of hydrogen-bond acceptors (Lipinski definition) is 4. The number of carbonyl (C=O) groups is 2. The molecule has 1 atom stereocenters. The minimum absolute atomic E-state index is 0.0231. The summed E-state index contributed by atoms with van der Waals surface area (Å²) in [6.07, 6.45) is 0.707. The van der Waals surface area contributed by atoms with Gasteiger partial charge in [0.2, 0.25) is 5.91 Å². The molecule has 0 bridgehead atoms. The van der Waals surface area contributed by atoms with Crippen molar-refractivity contribution >= 4 is 11.9 Å². The van der Waals surface area contributed by atoms with E-state index in [9.17, 15) is 9.59 Å². The van der Waals surface area contributed by atoms with Crippen LogP contribution in [0.15, 0.2) is 0 Å². The number of carboxylic acid groups (broad SMARTS) is 1. The fraction of sp³-hybridized carbons (Fsp3) is 0.800. The summed E-state index contributed by atoms with van der Waals surface area (Å²) >= 11 is 0. The molecule has 16 heavy (non-hydrogen) atoms. The van der Waals surface area contributed by atoms with E-state index in [1.54, 1.807) is 0 Å². The standard InChI is InChI=1S/C10H17NO5/c12-4-6-16-5-3-11-7-8(10(14)15)1-2-9(11)13/h8,12H,1-7H2,(H,14,15). The first-order valence-corrected chi connectivity index (χ1v) is 5.34. The van der Waals surface area contributed by atoms with Gasteiger partial charge < -0.3 is 19.8 Å². The fourth-order valence-electron chi connectivity index (χ4n) is 1.67. The van der Waals surface area contributed by atoms with Gasteiger partial charge in [0.25, 0.3) is 0 Å². The van der Waals surface area contributed by atoms with Crippen LogP contribution in [0, 0.1) is 5.92 Å². The van der Waals surface area contributed by atoms with Gasteiger partial charge in [-0.25, -0.2) is 0 Å². The average molecular weight is 231 g/mol. The van der Waals surface area contributed by atoms with Gasteiger partial charge in [0.15, 0.2) is 0 Å². The van der Waals surface area contributed by atoms with Crippen molar-refractivity contribution in [3.05, 3.63) is 0 Å². The summed E-state index contributed by atoms with van der Waals surface area (Å²) in [6, 6.07) is 0. The predicted octanol–water partition coefficient (Wildman–Crippen LogP) is -0.681. The van der Waals surface area contributed by atoms with Crippen LogP contribution in [0.5, 0.6) is 0 Å². The molecule has 2 N–H and O–H groups in total. The number of rotatable bonds is 6. The molecule has 0 aromatic heterocycles. The summed E-state index contributed by atoms with van der Waals surface area (Å²) < 4.78 is 5.04. The number of carbonyl (C=O) groups excluding carboxylic acids is 1. The van der Waals surface area contributed by atoms with Crippen molar-refractivity contribution in [1.29, 1.82) is 0 Å². The Morgan fingerprint density at radius 1 is 1.50 bits per heavy atom. The van der Waals surface area contributed by atoms with Gasteiger partial charge in [0.05, 0.1) is 25.7 Å². The lowest BCUT2D eigenvalue weighted by Gasteiger charge is -2.30. The zero-order valence-electron chi connectivity index (χ0n) is 9.09. The SMILES string of the molecule is O=C(O)C1CCC(=O)N(CCOCCO)C1. The van der Waals surface area contributed by atoms with Gasteiger partial charge in [-0.05, 0) is 6.42 Å². The molecule has 1 aliphatic rings. The van der Waals surface area contributed by atoms with Crippen LogP contribution in [-0.2, 0) is 14.3 Å². The van der Waals surface area contributed by atoms with Crippen molar-refractivity contribution in [2.24, 2.45) is 5.92 Å². The zero-order chi connectivity index (χ0) is 12.0. The van der Waals surface area contributed by atoms with Crippen LogP contribution in [0.25, 0.3) is 0 Å². The highest BCUT2D eigenvalue weighted by atomic mass is 16.5. The van der Waals surface area contributed by atoms with Crippen molar-refractivity contribution in [3.63, 3.8) is 0 Å². The van der Waals surface area contributed by atoms with Gasteiger partial charge in [-0.3, -0.25) is 9.59 Å². The molecular weight excluding hydrogens is 214 g/mol. The van der Waals surface area contributed by atoms with Gasteiger partial charge in [0.1, 0.15) is 0 Å². The van der Waals surface area contributed by atoms with E-state index >= 15 is 0 Å². The number of likely N-dealkylation sites (tertiary alicyclic amines) is 1. The number of aliphatic hydroxyl groups is 1. The maximum atomic E-state index is 11.5. The van der Waals surface area contributed by atoms with Crippen molar-refractivity contribution < 1.29 is 24.5 Å². The third-order valence-electron chi connectivity index (χ3n) is 2.59. The highest BCUT2D eigenvalue weighted by Crippen LogP contribution is 2.17. The van der Waals surface area contributed by atoms with Gasteiger partial charge in [0, 0.05) is 19.5 Å². The number of aliphatic carboxylic acids is 1. The van der Waals surface area contributed by atoms with Crippen LogP contribution in [0.2, 0.25) is 0 Å². The number of piperidine rings is 1. The first kappa shape index (κ1) is 12.9. The number of hydrogen-bond donors (Lipinski definition) is 2. The Labute approximate surface area is 93.8 Å². The molecular formula is C10H17NO5. The Morgan fingerprint density at radius 3 is 2.88 bits per heavy atom. The minimum atomic E-state index is -0.853. The summed E-state index contributed by atoms with van der Waals surface area (Å²) in [5, 5.41) is 17.3. The number of amides is 1. The number of ether oxygens (including phenoxy) is 1. The van der Waals surface area contributed by atoms with Gasteiger partial charge in [-0.15, -0.1) is 0 Å². The molecule has 1 amide bonds. The summed E-state index contributed by atoms with van der Waals surface area (Å²) in [4.78, 5) is 23.7. The molecule has 0 saturated carbocycles. The molecule has 6 nitrogen and oxygen atoms in total. The summed E-state index contributed by atoms with van der Waals surface area (Å²) in [6.45, 7) is 1.17. The molecule has 0 aromatic carbocycles. The Bertz CT molecular complexity index is 256. The second-order valence-corrected chi connectivity index (χ2v) is 3.75. The topological polar surface area (TPSA) is 87.1 Å². The maximum absolute atomic E-state index is 11.5. The second kappa shape index (κ2) is 6.44. The first-order valence-electron chi connectivity index (χ1n) is 5.34. The van der Waals surface area contributed by atoms with E-state index in [4.69, 9.17) is 14.9 Å². The Balaban J connectivity index is 2.32. The van der Waals surface area contributed by atoms with E-state index in [0.717, 1.165) is 0 Å². The van der Waals surface area contributed by atoms with E-state index in [-0.39, 0.29) is 32.1 Å². The molecule has 1 rings (SSSR count). The predicted molar refractivity (Wildman–Crippen MR) is 54.8 cm³/mol. The molecule has 0 radical (unpaired) electrons. The molecule has 1 heterocycles. The van der Waals surface area contributed by atoms with Crippen LogP contribution < -0.4 is 0 Å². The molecule has 0 aliphatic carbocycles. The van der Waals surface area contributed by atoms with E-state index in [2.05, 4.69) is 0 Å². The second-order valence-electron chi connectivity index (χ2n) is 3.75. The lowest BCUT2D eigenvalue weighted by atomic mass is 9.98. The van der Waals surface area contributed by atoms with Gasteiger partial charge in [-0.1, -0.05) is 0 Å². The number of nitrogens with zero attached hydrogens (tertiary/aromatic N) is 1. The molecule has 0 aromatic rings. The Kier molecular flexibility index (Phi) is 5.21. The lowest BCUT2D eigenvalue weighted by molar-refractivity contribution is -0.147. The van der Waals surface area contributed by atoms with Gasteiger partial charge in [-0.2, -0.15) is 0 Å². The Morgan fingerprint density at radius 2 is 2.25 bits per heavy atom. The number of carboxylic acids is 1. The van der Waals surface area contributed by atoms with Crippen molar-refractivity contribution in [1.82, 2.24) is 4.90 Å². The van der Waals surface area contributed by atoms with Crippen LogP contribution in [-0.4, -0.2) is 59.9 Å². The molecule has 1 unspecified atom stereocenters. The van der Waals surface area contributed by atoms with Gasteiger partial charge >= 0.3 is 5.97 Å². The van der Waals surface area contributed by atoms with Crippen molar-refractivity contribution in [2.75, 3.05) is 32.9 Å². The third-order valence-corrected chi connectivity index (χ3v) is 2.59. The fourth-order valence-corrected chi connectivity index (χ4v) is 1.67. The highest BCUT2D eigenvalue weighted by molar-refractivity contribution is 5.80. The van der Waals surface area contributed by atoms with Crippen LogP contribution in [0.4, 0.5) is 0 Å². The van der Waals surface area contributed by atoms with Crippen molar-refractivity contribution in [2.45, 2.75) is 12.8 Å². The molecule has 1 saturated heterocycles. The van der Waals surface area contributed by atoms with E-state index in [1.165, 1.54) is 4.90 Å². The normalized spacial score (nSPS) is 21.2. The third kappa shape index (κ3) is 3.79. The molecule has 92 valence electrons. The molecule has 6 heteroatoms. The van der Waals surface area contributed by atoms with Crippen LogP contribution in [0.1, 0.15) is 12.8 Å². The lowest BCUT2D eigenvalue weighted by Crippen LogP contribution is -2.44. The van der Waals surface area contributed by atoms with E-state index in [1.807, 2.05) is 0 Å². The van der Waals surface area contributed by atoms with E-state index in [0.29, 0.717) is 19.6 Å². The summed E-state index contributed by atoms with van der Waals surface area (Å²) in [7, 11) is 0. The van der Waals surface area contributed by atoms with Crippen molar-refractivity contribution in [3.8, 4) is 0 Å². The maximum Gasteiger partial charge on any atom is 0.308 e. The average Bonchev–Trinajstić information content (AvgIpc) is 2.26. The summed E-state index contributed by atoms with van der Waals surface area (Å²) in [5.41, 5.74) is 0. The largest absolute Gasteiger partial charge is 0.481 e. The monoisotopic (exact) mass is 231 g/mol. The number of aliphatic hydroxyl groups excluding tert-OH is 1. The molecule has 1 fully saturated rings. The smallest absolute Gasteiger partial charge is 0.308 e. The summed E-state index contributed by atoms with van der Waals surface area (Å²) in [5.74, 6) is -1.34. The van der Waals surface area contributed by atoms with E-state index < -0.39 is 11.9 Å². The van der Waals surface area contributed by atoms with Crippen LogP contribution in [0.3, 0.4) is 0 Å². The Hall–Kier alpha value is -1.14. The molecule has 0 spiro atoms. The zero-order valence-corrected chi connectivity index (χ0v) is 9.09. The first-order chi connectivity index (χ1) is 7.65. The quantitative estimate of drug-likeness (QED) is 0.591. The van der Waals surface area contributed by atoms with Crippen LogP contribution >= 0.6 is 0 Å². The molecule has 1 aliphatic heterocycles. The highest BCUT2D eigenvalue weighted by Gasteiger charge is 2.29.